The van der Waals surface area contributed by atoms with Crippen molar-refractivity contribution in [2.24, 2.45) is 0 Å². The number of fused-ring (bicyclic) bond motifs is 1. The smallest absolute Gasteiger partial charge is 0.123 e. The molecule has 0 radical (unpaired) electrons. The predicted molar refractivity (Wildman–Crippen MR) is 87.9 cm³/mol. The van der Waals surface area contributed by atoms with Crippen LogP contribution in [0.4, 0.5) is 4.39 Å². The molecule has 2 nitrogen and oxygen atoms in total. The number of benzene rings is 2. The van der Waals surface area contributed by atoms with Gasteiger partial charge in [0.05, 0.1) is 6.04 Å². The first-order valence-corrected chi connectivity index (χ1v) is 6.76. The Labute approximate surface area is 133 Å². The molecule has 0 spiro atoms. The molecule has 0 aliphatic rings. The number of aromatic amines is 1. The highest BCUT2D eigenvalue weighted by molar-refractivity contribution is 6.31. The number of hydrogen-bond donors (Lipinski definition) is 2. The quantitative estimate of drug-likeness (QED) is 0.718. The van der Waals surface area contributed by atoms with E-state index in [-0.39, 0.29) is 24.3 Å². The minimum atomic E-state index is -0.231. The molecule has 21 heavy (non-hydrogen) atoms. The van der Waals surface area contributed by atoms with Gasteiger partial charge in [0.25, 0.3) is 0 Å². The van der Waals surface area contributed by atoms with E-state index in [0.717, 1.165) is 22.0 Å². The van der Waals surface area contributed by atoms with Crippen LogP contribution in [0.25, 0.3) is 10.9 Å². The summed E-state index contributed by atoms with van der Waals surface area (Å²) in [6.45, 7) is 0. The Hall–Kier alpha value is -1.55. The zero-order chi connectivity index (χ0) is 14.1. The van der Waals surface area contributed by atoms with Crippen molar-refractivity contribution in [1.82, 2.24) is 10.3 Å². The SMILES string of the molecule is CNC(c1ccc(F)cc1)c1c[nH]c2ccc(Cl)cc12.Cl. The van der Waals surface area contributed by atoms with Gasteiger partial charge in [-0.05, 0) is 48.5 Å². The summed E-state index contributed by atoms with van der Waals surface area (Å²) in [6, 6.07) is 12.3. The van der Waals surface area contributed by atoms with E-state index < -0.39 is 0 Å². The third-order valence-electron chi connectivity index (χ3n) is 3.48. The number of hydrogen-bond acceptors (Lipinski definition) is 1. The molecule has 110 valence electrons. The molecule has 3 aromatic rings. The summed E-state index contributed by atoms with van der Waals surface area (Å²) in [6.07, 6.45) is 1.96. The Bertz CT molecular complexity index is 738. The number of halogens is 3. The van der Waals surface area contributed by atoms with Crippen LogP contribution in [0.3, 0.4) is 0 Å². The third-order valence-corrected chi connectivity index (χ3v) is 3.71. The van der Waals surface area contributed by atoms with E-state index in [1.807, 2.05) is 31.4 Å². The van der Waals surface area contributed by atoms with Gasteiger partial charge in [-0.15, -0.1) is 12.4 Å². The molecular formula is C16H15Cl2FN2. The second-order valence-corrected chi connectivity index (χ2v) is 5.14. The summed E-state index contributed by atoms with van der Waals surface area (Å²) in [5, 5.41) is 5.04. The summed E-state index contributed by atoms with van der Waals surface area (Å²) < 4.78 is 13.1. The lowest BCUT2D eigenvalue weighted by Crippen LogP contribution is -2.17. The molecule has 0 saturated heterocycles. The van der Waals surface area contributed by atoms with Crippen molar-refractivity contribution in [3.8, 4) is 0 Å². The average molecular weight is 325 g/mol. The largest absolute Gasteiger partial charge is 0.361 e. The van der Waals surface area contributed by atoms with Gasteiger partial charge in [0, 0.05) is 22.1 Å². The van der Waals surface area contributed by atoms with Crippen LogP contribution in [0.5, 0.6) is 0 Å². The van der Waals surface area contributed by atoms with Gasteiger partial charge >= 0.3 is 0 Å². The van der Waals surface area contributed by atoms with Gasteiger partial charge in [-0.25, -0.2) is 4.39 Å². The Balaban J connectivity index is 0.00000161. The van der Waals surface area contributed by atoms with Crippen LogP contribution < -0.4 is 5.32 Å². The van der Waals surface area contributed by atoms with E-state index in [1.54, 1.807) is 12.1 Å². The van der Waals surface area contributed by atoms with Crippen molar-refractivity contribution in [2.75, 3.05) is 7.05 Å². The van der Waals surface area contributed by atoms with Crippen molar-refractivity contribution >= 4 is 34.9 Å². The van der Waals surface area contributed by atoms with Crippen molar-refractivity contribution in [3.05, 3.63) is 70.6 Å². The Morgan fingerprint density at radius 3 is 2.52 bits per heavy atom. The highest BCUT2D eigenvalue weighted by Crippen LogP contribution is 2.30. The fourth-order valence-corrected chi connectivity index (χ4v) is 2.68. The topological polar surface area (TPSA) is 27.8 Å². The highest BCUT2D eigenvalue weighted by atomic mass is 35.5. The molecule has 0 bridgehead atoms. The fraction of sp³-hybridized carbons (Fsp3) is 0.125. The minimum absolute atomic E-state index is 0. The maximum absolute atomic E-state index is 13.1. The van der Waals surface area contributed by atoms with E-state index in [4.69, 9.17) is 11.6 Å². The number of rotatable bonds is 3. The molecule has 0 aliphatic carbocycles. The first-order chi connectivity index (χ1) is 9.69. The van der Waals surface area contributed by atoms with E-state index >= 15 is 0 Å². The van der Waals surface area contributed by atoms with Crippen LogP contribution >= 0.6 is 24.0 Å². The molecular weight excluding hydrogens is 310 g/mol. The number of nitrogens with one attached hydrogen (secondary N) is 2. The van der Waals surface area contributed by atoms with Crippen LogP contribution in [0.2, 0.25) is 5.02 Å². The maximum Gasteiger partial charge on any atom is 0.123 e. The Morgan fingerprint density at radius 1 is 1.14 bits per heavy atom. The second kappa shape index (κ2) is 6.48. The van der Waals surface area contributed by atoms with Gasteiger partial charge in [0.2, 0.25) is 0 Å². The minimum Gasteiger partial charge on any atom is -0.361 e. The summed E-state index contributed by atoms with van der Waals surface area (Å²) in [5.41, 5.74) is 3.14. The van der Waals surface area contributed by atoms with Crippen LogP contribution in [0, 0.1) is 5.82 Å². The first kappa shape index (κ1) is 15.8. The van der Waals surface area contributed by atoms with Crippen LogP contribution in [0.15, 0.2) is 48.7 Å². The summed E-state index contributed by atoms with van der Waals surface area (Å²) in [4.78, 5) is 3.24. The Morgan fingerprint density at radius 2 is 1.86 bits per heavy atom. The van der Waals surface area contributed by atoms with E-state index in [1.165, 1.54) is 12.1 Å². The molecule has 0 aliphatic heterocycles. The molecule has 1 aromatic heterocycles. The van der Waals surface area contributed by atoms with Gasteiger partial charge in [-0.1, -0.05) is 23.7 Å². The van der Waals surface area contributed by atoms with Gasteiger partial charge in [-0.3, -0.25) is 0 Å². The standard InChI is InChI=1S/C16H14ClFN2.ClH/c1-19-16(10-2-5-12(18)6-3-10)14-9-20-15-7-4-11(17)8-13(14)15;/h2-9,16,19-20H,1H3;1H. The monoisotopic (exact) mass is 324 g/mol. The zero-order valence-corrected chi connectivity index (χ0v) is 12.9. The fourth-order valence-electron chi connectivity index (χ4n) is 2.51. The molecule has 1 unspecified atom stereocenters. The summed E-state index contributed by atoms with van der Waals surface area (Å²) in [5.74, 6) is -0.231. The van der Waals surface area contributed by atoms with Gasteiger partial charge < -0.3 is 10.3 Å². The highest BCUT2D eigenvalue weighted by Gasteiger charge is 2.16. The van der Waals surface area contributed by atoms with Gasteiger partial charge in [0.1, 0.15) is 5.82 Å². The number of aromatic nitrogens is 1. The predicted octanol–water partition coefficient (Wildman–Crippen LogP) is 4.69. The Kier molecular flexibility index (Phi) is 4.88. The van der Waals surface area contributed by atoms with Crippen LogP contribution in [-0.4, -0.2) is 12.0 Å². The molecule has 0 fully saturated rings. The molecule has 2 aromatic carbocycles. The molecule has 5 heteroatoms. The lowest BCUT2D eigenvalue weighted by atomic mass is 9.98. The summed E-state index contributed by atoms with van der Waals surface area (Å²) in [7, 11) is 1.89. The molecule has 1 heterocycles. The summed E-state index contributed by atoms with van der Waals surface area (Å²) >= 11 is 6.08. The lowest BCUT2D eigenvalue weighted by molar-refractivity contribution is 0.623. The third kappa shape index (κ3) is 3.05. The molecule has 3 rings (SSSR count). The van der Waals surface area contributed by atoms with Crippen molar-refractivity contribution in [1.29, 1.82) is 0 Å². The zero-order valence-electron chi connectivity index (χ0n) is 11.4. The van der Waals surface area contributed by atoms with Crippen LogP contribution in [0.1, 0.15) is 17.2 Å². The second-order valence-electron chi connectivity index (χ2n) is 4.71. The van der Waals surface area contributed by atoms with Crippen molar-refractivity contribution in [3.63, 3.8) is 0 Å². The van der Waals surface area contributed by atoms with E-state index in [9.17, 15) is 4.39 Å². The van der Waals surface area contributed by atoms with E-state index in [2.05, 4.69) is 10.3 Å². The molecule has 0 amide bonds. The van der Waals surface area contributed by atoms with Gasteiger partial charge in [0.15, 0.2) is 0 Å². The van der Waals surface area contributed by atoms with Crippen molar-refractivity contribution in [2.45, 2.75) is 6.04 Å². The lowest BCUT2D eigenvalue weighted by Gasteiger charge is -2.16. The number of H-pyrrole nitrogens is 1. The van der Waals surface area contributed by atoms with E-state index in [0.29, 0.717) is 5.02 Å². The van der Waals surface area contributed by atoms with Gasteiger partial charge in [-0.2, -0.15) is 0 Å². The van der Waals surface area contributed by atoms with Crippen LogP contribution in [-0.2, 0) is 0 Å². The van der Waals surface area contributed by atoms with Crippen molar-refractivity contribution < 1.29 is 4.39 Å². The molecule has 0 saturated carbocycles. The molecule has 1 atom stereocenters. The molecule has 2 N–H and O–H groups in total. The normalized spacial score (nSPS) is 12.1. The average Bonchev–Trinajstić information content (AvgIpc) is 2.85. The first-order valence-electron chi connectivity index (χ1n) is 6.38. The maximum atomic E-state index is 13.1.